The molecule has 0 spiro atoms. The van der Waals surface area contributed by atoms with Crippen molar-refractivity contribution in [2.45, 2.75) is 0 Å². The van der Waals surface area contributed by atoms with E-state index in [9.17, 15) is 9.90 Å². The van der Waals surface area contributed by atoms with Crippen LogP contribution in [0.2, 0.25) is 0 Å². The Morgan fingerprint density at radius 1 is 1.43 bits per heavy atom. The maximum atomic E-state index is 10.6. The number of phenolic OH excluding ortho intramolecular Hbond substituents is 2. The Kier molecular flexibility index (Phi) is 2.57. The summed E-state index contributed by atoms with van der Waals surface area (Å²) in [4.78, 5) is 10.6. The van der Waals surface area contributed by atoms with E-state index in [1.54, 1.807) is 0 Å². The summed E-state index contributed by atoms with van der Waals surface area (Å²) < 4.78 is 0. The van der Waals surface area contributed by atoms with Crippen molar-refractivity contribution in [3.63, 3.8) is 0 Å². The van der Waals surface area contributed by atoms with Crippen LogP contribution in [0.5, 0.6) is 11.5 Å². The lowest BCUT2D eigenvalue weighted by molar-refractivity contribution is 0.0696. The van der Waals surface area contributed by atoms with Crippen molar-refractivity contribution in [3.05, 3.63) is 23.3 Å². The number of benzene rings is 1. The second-order valence-corrected chi connectivity index (χ2v) is 2.52. The van der Waals surface area contributed by atoms with Crippen LogP contribution in [0.15, 0.2) is 17.2 Å². The van der Waals surface area contributed by atoms with Gasteiger partial charge < -0.3 is 21.2 Å². The van der Waals surface area contributed by atoms with Gasteiger partial charge in [-0.25, -0.2) is 4.79 Å². The Morgan fingerprint density at radius 2 is 2.07 bits per heavy atom. The van der Waals surface area contributed by atoms with Crippen LogP contribution >= 0.6 is 0 Å². The Hall–Kier alpha value is -2.24. The van der Waals surface area contributed by atoms with Crippen LogP contribution in [0.1, 0.15) is 15.9 Å². The number of aromatic hydroxyl groups is 2. The zero-order chi connectivity index (χ0) is 10.7. The van der Waals surface area contributed by atoms with Gasteiger partial charge in [-0.2, -0.15) is 5.10 Å². The Morgan fingerprint density at radius 3 is 2.57 bits per heavy atom. The van der Waals surface area contributed by atoms with Gasteiger partial charge in [0.1, 0.15) is 0 Å². The number of hydrogen-bond acceptors (Lipinski definition) is 5. The van der Waals surface area contributed by atoms with Crippen molar-refractivity contribution in [2.24, 2.45) is 10.9 Å². The van der Waals surface area contributed by atoms with Gasteiger partial charge in [-0.15, -0.1) is 0 Å². The van der Waals surface area contributed by atoms with E-state index in [2.05, 4.69) is 5.10 Å². The number of carbonyl (C=O) groups is 1. The van der Waals surface area contributed by atoms with Crippen molar-refractivity contribution in [2.75, 3.05) is 0 Å². The predicted octanol–water partition coefficient (Wildman–Crippen LogP) is 0.0886. The average molecular weight is 196 g/mol. The molecular formula is C8H8N2O4. The van der Waals surface area contributed by atoms with Crippen molar-refractivity contribution in [3.8, 4) is 11.5 Å². The minimum Gasteiger partial charge on any atom is -0.504 e. The minimum atomic E-state index is -1.22. The maximum absolute atomic E-state index is 10.6. The largest absolute Gasteiger partial charge is 0.504 e. The van der Waals surface area contributed by atoms with E-state index in [1.165, 1.54) is 0 Å². The fourth-order valence-corrected chi connectivity index (χ4v) is 0.943. The van der Waals surface area contributed by atoms with Crippen molar-refractivity contribution in [1.29, 1.82) is 0 Å². The number of nitrogens with two attached hydrogens (primary N) is 1. The monoisotopic (exact) mass is 196 g/mol. The molecule has 0 fully saturated rings. The molecule has 0 aliphatic carbocycles. The smallest absolute Gasteiger partial charge is 0.335 e. The van der Waals surface area contributed by atoms with Gasteiger partial charge in [0.25, 0.3) is 0 Å². The molecule has 0 radical (unpaired) electrons. The molecule has 0 aliphatic heterocycles. The molecule has 0 atom stereocenters. The van der Waals surface area contributed by atoms with Gasteiger partial charge in [-0.1, -0.05) is 0 Å². The van der Waals surface area contributed by atoms with Crippen LogP contribution in [0.3, 0.4) is 0 Å². The van der Waals surface area contributed by atoms with Gasteiger partial charge in [-0.3, -0.25) is 0 Å². The highest BCUT2D eigenvalue weighted by molar-refractivity contribution is 5.93. The minimum absolute atomic E-state index is 0.0462. The van der Waals surface area contributed by atoms with Gasteiger partial charge in [0.15, 0.2) is 11.5 Å². The first kappa shape index (κ1) is 9.85. The van der Waals surface area contributed by atoms with Crippen LogP contribution in [-0.2, 0) is 0 Å². The normalized spacial score (nSPS) is 10.6. The molecule has 14 heavy (non-hydrogen) atoms. The molecule has 0 unspecified atom stereocenters. The number of carboxylic acids is 1. The average Bonchev–Trinajstić information content (AvgIpc) is 2.12. The second kappa shape index (κ2) is 3.65. The van der Waals surface area contributed by atoms with E-state index in [-0.39, 0.29) is 11.1 Å². The van der Waals surface area contributed by atoms with Crippen LogP contribution in [0, 0.1) is 0 Å². The second-order valence-electron chi connectivity index (χ2n) is 2.52. The van der Waals surface area contributed by atoms with Crippen LogP contribution in [0.25, 0.3) is 0 Å². The Labute approximate surface area is 78.9 Å². The third-order valence-corrected chi connectivity index (χ3v) is 1.58. The van der Waals surface area contributed by atoms with E-state index in [0.717, 1.165) is 18.3 Å². The lowest BCUT2D eigenvalue weighted by Gasteiger charge is -2.03. The molecule has 1 rings (SSSR count). The van der Waals surface area contributed by atoms with Gasteiger partial charge in [0, 0.05) is 5.56 Å². The van der Waals surface area contributed by atoms with Gasteiger partial charge in [-0.05, 0) is 12.1 Å². The molecule has 5 N–H and O–H groups in total. The zero-order valence-corrected chi connectivity index (χ0v) is 7.01. The predicted molar refractivity (Wildman–Crippen MR) is 48.5 cm³/mol. The molecule has 1 aromatic carbocycles. The molecule has 0 aromatic heterocycles. The van der Waals surface area contributed by atoms with E-state index in [4.69, 9.17) is 16.1 Å². The molecule has 0 saturated carbocycles. The summed E-state index contributed by atoms with van der Waals surface area (Å²) in [5.41, 5.74) is -0.111. The fraction of sp³-hybridized carbons (Fsp3) is 0. The topological polar surface area (TPSA) is 116 Å². The number of aromatic carboxylic acids is 1. The maximum Gasteiger partial charge on any atom is 0.335 e. The van der Waals surface area contributed by atoms with Crippen LogP contribution < -0.4 is 5.84 Å². The number of phenols is 2. The quantitative estimate of drug-likeness (QED) is 0.231. The highest BCUT2D eigenvalue weighted by Gasteiger charge is 2.11. The zero-order valence-electron chi connectivity index (χ0n) is 7.01. The third kappa shape index (κ3) is 1.74. The van der Waals surface area contributed by atoms with Gasteiger partial charge in [0.2, 0.25) is 0 Å². The van der Waals surface area contributed by atoms with E-state index < -0.39 is 17.5 Å². The highest BCUT2D eigenvalue weighted by atomic mass is 16.4. The van der Waals surface area contributed by atoms with Crippen molar-refractivity contribution >= 4 is 12.2 Å². The summed E-state index contributed by atoms with van der Waals surface area (Å²) in [5.74, 6) is 2.64. The number of nitrogens with zero attached hydrogens (tertiary/aromatic N) is 1. The lowest BCUT2D eigenvalue weighted by Crippen LogP contribution is -1.98. The molecule has 6 heteroatoms. The number of hydrogen-bond donors (Lipinski definition) is 4. The first-order valence-corrected chi connectivity index (χ1v) is 3.58. The molecule has 1 aromatic rings. The Bertz CT molecular complexity index is 401. The number of carboxylic acid groups (broad SMARTS) is 1. The van der Waals surface area contributed by atoms with Crippen molar-refractivity contribution in [1.82, 2.24) is 0 Å². The molecule has 6 nitrogen and oxygen atoms in total. The molecule has 0 bridgehead atoms. The van der Waals surface area contributed by atoms with E-state index >= 15 is 0 Å². The Balaban J connectivity index is 3.35. The van der Waals surface area contributed by atoms with E-state index in [1.807, 2.05) is 0 Å². The molecule has 74 valence electrons. The summed E-state index contributed by atoms with van der Waals surface area (Å²) in [6.07, 6.45) is 1.04. The van der Waals surface area contributed by atoms with Gasteiger partial charge >= 0.3 is 5.97 Å². The molecule has 0 aliphatic rings. The van der Waals surface area contributed by atoms with Crippen molar-refractivity contribution < 1.29 is 20.1 Å². The standard InChI is InChI=1S/C8H8N2O4/c9-10-3-5-1-4(8(13)14)2-6(11)7(5)12/h1-3,11-12H,9H2,(H,13,14)/b10-3+. The number of hydrazone groups is 1. The molecule has 0 saturated heterocycles. The number of rotatable bonds is 2. The van der Waals surface area contributed by atoms with Crippen LogP contribution in [0.4, 0.5) is 0 Å². The molecule has 0 heterocycles. The fourth-order valence-electron chi connectivity index (χ4n) is 0.943. The summed E-state index contributed by atoms with van der Waals surface area (Å²) in [6, 6.07) is 2.08. The molecular weight excluding hydrogens is 188 g/mol. The lowest BCUT2D eigenvalue weighted by atomic mass is 10.1. The highest BCUT2D eigenvalue weighted by Crippen LogP contribution is 2.29. The SMILES string of the molecule is N/N=C/c1cc(C(=O)O)cc(O)c1O. The van der Waals surface area contributed by atoms with E-state index in [0.29, 0.717) is 0 Å². The summed E-state index contributed by atoms with van der Waals surface area (Å²) >= 11 is 0. The first-order valence-electron chi connectivity index (χ1n) is 3.58. The molecule has 0 amide bonds. The van der Waals surface area contributed by atoms with Crippen LogP contribution in [-0.4, -0.2) is 27.5 Å². The third-order valence-electron chi connectivity index (χ3n) is 1.58. The van der Waals surface area contributed by atoms with Gasteiger partial charge in [0.05, 0.1) is 11.8 Å². The summed E-state index contributed by atoms with van der Waals surface area (Å²) in [7, 11) is 0. The summed E-state index contributed by atoms with van der Waals surface area (Å²) in [5, 5.41) is 30.1. The summed E-state index contributed by atoms with van der Waals surface area (Å²) in [6.45, 7) is 0. The first-order chi connectivity index (χ1) is 6.56.